The molecule has 0 aliphatic heterocycles. The number of rotatable bonds is 5. The van der Waals surface area contributed by atoms with Gasteiger partial charge in [0, 0.05) is 29.2 Å². The van der Waals surface area contributed by atoms with Gasteiger partial charge < -0.3 is 9.29 Å². The zero-order valence-electron chi connectivity index (χ0n) is 13.8. The SMILES string of the molecule is CCOC(=O)c1nn[nH]c1[S+]([O-])c1cccc(C#CCC(C)C)c1. The Kier molecular flexibility index (Phi) is 6.41. The second-order valence-corrected chi connectivity index (χ2v) is 6.82. The molecule has 1 heterocycles. The van der Waals surface area contributed by atoms with Gasteiger partial charge in [0.1, 0.15) is 0 Å². The smallest absolute Gasteiger partial charge is 0.366 e. The Bertz CT molecular complexity index is 762. The van der Waals surface area contributed by atoms with Crippen LogP contribution in [0.5, 0.6) is 0 Å². The molecular weight excluding hydrogens is 326 g/mol. The van der Waals surface area contributed by atoms with Crippen LogP contribution in [0.25, 0.3) is 0 Å². The quantitative estimate of drug-likeness (QED) is 0.511. The minimum absolute atomic E-state index is 0.0634. The first kappa shape index (κ1) is 18.0. The second-order valence-electron chi connectivity index (χ2n) is 5.41. The third-order valence-electron chi connectivity index (χ3n) is 2.96. The van der Waals surface area contributed by atoms with Crippen LogP contribution in [0, 0.1) is 17.8 Å². The molecular formula is C17H19N3O3S. The number of carbonyl (C=O) groups excluding carboxylic acids is 1. The Morgan fingerprint density at radius 2 is 2.25 bits per heavy atom. The van der Waals surface area contributed by atoms with Gasteiger partial charge in [-0.3, -0.25) is 0 Å². The molecule has 0 amide bonds. The minimum atomic E-state index is -1.63. The van der Waals surface area contributed by atoms with Gasteiger partial charge in [0.05, 0.1) is 6.61 Å². The van der Waals surface area contributed by atoms with Gasteiger partial charge in [-0.15, -0.1) is 5.10 Å². The maximum Gasteiger partial charge on any atom is 0.366 e. The lowest BCUT2D eigenvalue weighted by Gasteiger charge is -2.08. The summed E-state index contributed by atoms with van der Waals surface area (Å²) >= 11 is -1.63. The van der Waals surface area contributed by atoms with E-state index in [1.165, 1.54) is 0 Å². The molecule has 2 rings (SSSR count). The van der Waals surface area contributed by atoms with Crippen molar-refractivity contribution in [3.05, 3.63) is 35.5 Å². The molecule has 24 heavy (non-hydrogen) atoms. The second kappa shape index (κ2) is 8.52. The van der Waals surface area contributed by atoms with E-state index < -0.39 is 17.1 Å². The zero-order chi connectivity index (χ0) is 17.5. The van der Waals surface area contributed by atoms with Crippen LogP contribution >= 0.6 is 0 Å². The summed E-state index contributed by atoms with van der Waals surface area (Å²) in [6.07, 6.45) is 0.796. The van der Waals surface area contributed by atoms with Crippen LogP contribution in [0.2, 0.25) is 0 Å². The van der Waals surface area contributed by atoms with Crippen molar-refractivity contribution < 1.29 is 14.1 Å². The highest BCUT2D eigenvalue weighted by molar-refractivity contribution is 7.91. The lowest BCUT2D eigenvalue weighted by atomic mass is 10.1. The van der Waals surface area contributed by atoms with E-state index in [2.05, 4.69) is 41.1 Å². The van der Waals surface area contributed by atoms with Gasteiger partial charge in [-0.05, 0) is 25.0 Å². The van der Waals surface area contributed by atoms with Gasteiger partial charge in [0.2, 0.25) is 5.69 Å². The average Bonchev–Trinajstić information content (AvgIpc) is 3.04. The summed E-state index contributed by atoms with van der Waals surface area (Å²) in [5.74, 6) is 6.00. The molecule has 0 fully saturated rings. The molecule has 0 radical (unpaired) electrons. The number of nitrogens with zero attached hydrogens (tertiary/aromatic N) is 2. The topological polar surface area (TPSA) is 90.9 Å². The molecule has 0 saturated carbocycles. The van der Waals surface area contributed by atoms with Crippen LogP contribution in [0.15, 0.2) is 34.2 Å². The normalized spacial score (nSPS) is 11.7. The van der Waals surface area contributed by atoms with Crippen molar-refractivity contribution in [2.24, 2.45) is 5.92 Å². The monoisotopic (exact) mass is 345 g/mol. The van der Waals surface area contributed by atoms with Crippen LogP contribution in [-0.4, -0.2) is 32.5 Å². The Hall–Kier alpha value is -2.30. The van der Waals surface area contributed by atoms with Crippen LogP contribution in [-0.2, 0) is 15.9 Å². The van der Waals surface area contributed by atoms with Gasteiger partial charge in [-0.1, -0.05) is 37.0 Å². The number of nitrogens with one attached hydrogen (secondary N) is 1. The van der Waals surface area contributed by atoms with Gasteiger partial charge in [-0.25, -0.2) is 9.89 Å². The average molecular weight is 345 g/mol. The van der Waals surface area contributed by atoms with E-state index in [1.807, 2.05) is 6.07 Å². The first-order chi connectivity index (χ1) is 11.5. The fourth-order valence-electron chi connectivity index (χ4n) is 1.85. The molecule has 0 aliphatic rings. The zero-order valence-corrected chi connectivity index (χ0v) is 14.6. The number of aromatic amines is 1. The largest absolute Gasteiger partial charge is 0.605 e. The van der Waals surface area contributed by atoms with Crippen LogP contribution < -0.4 is 0 Å². The van der Waals surface area contributed by atoms with Crippen LogP contribution in [0.3, 0.4) is 0 Å². The van der Waals surface area contributed by atoms with E-state index in [0.717, 1.165) is 12.0 Å². The molecule has 1 aromatic heterocycles. The summed E-state index contributed by atoms with van der Waals surface area (Å²) in [4.78, 5) is 12.3. The Morgan fingerprint density at radius 1 is 1.46 bits per heavy atom. The van der Waals surface area contributed by atoms with Crippen molar-refractivity contribution in [1.82, 2.24) is 15.4 Å². The van der Waals surface area contributed by atoms with Gasteiger partial charge in [0.15, 0.2) is 4.90 Å². The number of ether oxygens (including phenoxy) is 1. The number of hydrogen-bond acceptors (Lipinski definition) is 5. The van der Waals surface area contributed by atoms with Crippen LogP contribution in [0.4, 0.5) is 0 Å². The highest BCUT2D eigenvalue weighted by Gasteiger charge is 2.28. The number of esters is 1. The molecule has 1 atom stereocenters. The van der Waals surface area contributed by atoms with Crippen molar-refractivity contribution in [2.45, 2.75) is 37.1 Å². The highest BCUT2D eigenvalue weighted by Crippen LogP contribution is 2.22. The molecule has 1 unspecified atom stereocenters. The summed E-state index contributed by atoms with van der Waals surface area (Å²) in [5.41, 5.74) is 0.707. The Labute approximate surface area is 144 Å². The predicted octanol–water partition coefficient (Wildman–Crippen LogP) is 2.55. The Balaban J connectivity index is 2.24. The maximum absolute atomic E-state index is 12.7. The predicted molar refractivity (Wildman–Crippen MR) is 89.8 cm³/mol. The third-order valence-corrected chi connectivity index (χ3v) is 4.30. The van der Waals surface area contributed by atoms with E-state index in [1.54, 1.807) is 25.1 Å². The number of aromatic nitrogens is 3. The van der Waals surface area contributed by atoms with Gasteiger partial charge in [-0.2, -0.15) is 0 Å². The fraction of sp³-hybridized carbons (Fsp3) is 0.353. The molecule has 1 aromatic carbocycles. The van der Waals surface area contributed by atoms with Crippen molar-refractivity contribution in [3.63, 3.8) is 0 Å². The first-order valence-corrected chi connectivity index (χ1v) is 8.76. The van der Waals surface area contributed by atoms with E-state index in [4.69, 9.17) is 4.74 Å². The van der Waals surface area contributed by atoms with E-state index >= 15 is 0 Å². The summed E-state index contributed by atoms with van der Waals surface area (Å²) in [6.45, 7) is 6.09. The van der Waals surface area contributed by atoms with Gasteiger partial charge in [0.25, 0.3) is 5.03 Å². The molecule has 126 valence electrons. The molecule has 0 bridgehead atoms. The Morgan fingerprint density at radius 3 is 2.96 bits per heavy atom. The number of benzene rings is 1. The number of carbonyl (C=O) groups is 1. The molecule has 0 spiro atoms. The van der Waals surface area contributed by atoms with Crippen molar-refractivity contribution >= 4 is 17.1 Å². The molecule has 0 aliphatic carbocycles. The van der Waals surface area contributed by atoms with E-state index in [0.29, 0.717) is 10.8 Å². The first-order valence-electron chi connectivity index (χ1n) is 7.61. The summed E-state index contributed by atoms with van der Waals surface area (Å²) in [7, 11) is 0. The van der Waals surface area contributed by atoms with E-state index in [-0.39, 0.29) is 17.3 Å². The summed E-state index contributed by atoms with van der Waals surface area (Å²) < 4.78 is 17.6. The molecule has 1 N–H and O–H groups in total. The summed E-state index contributed by atoms with van der Waals surface area (Å²) in [6, 6.07) is 7.07. The fourth-order valence-corrected chi connectivity index (χ4v) is 2.94. The maximum atomic E-state index is 12.7. The molecule has 0 saturated heterocycles. The van der Waals surface area contributed by atoms with E-state index in [9.17, 15) is 9.35 Å². The minimum Gasteiger partial charge on any atom is -0.605 e. The lowest BCUT2D eigenvalue weighted by Crippen LogP contribution is -2.12. The molecule has 2 aromatic rings. The highest BCUT2D eigenvalue weighted by atomic mass is 32.2. The number of hydrogen-bond donors (Lipinski definition) is 1. The van der Waals surface area contributed by atoms with Crippen molar-refractivity contribution in [1.29, 1.82) is 0 Å². The molecule has 7 heteroatoms. The number of H-pyrrole nitrogens is 1. The lowest BCUT2D eigenvalue weighted by molar-refractivity contribution is 0.0514. The van der Waals surface area contributed by atoms with Crippen molar-refractivity contribution in [2.75, 3.05) is 6.61 Å². The van der Waals surface area contributed by atoms with Crippen molar-refractivity contribution in [3.8, 4) is 11.8 Å². The molecule has 6 nitrogen and oxygen atoms in total. The third kappa shape index (κ3) is 4.60. The summed E-state index contributed by atoms with van der Waals surface area (Å²) in [5, 5.41) is 9.89. The van der Waals surface area contributed by atoms with Gasteiger partial charge >= 0.3 is 5.97 Å². The van der Waals surface area contributed by atoms with Crippen LogP contribution in [0.1, 0.15) is 43.2 Å². The standard InChI is InChI=1S/C17H19N3O3S/c1-4-23-17(21)15-16(19-20-18-15)24(22)14-10-6-9-13(11-14)8-5-7-12(2)3/h6,9-12H,4,7H2,1-3H3,(H,18,19,20).